The second kappa shape index (κ2) is 10.8. The number of carbonyl (C=O) groups excluding carboxylic acids is 1. The van der Waals surface area contributed by atoms with Crippen LogP contribution in [0, 0.1) is 22.7 Å². The summed E-state index contributed by atoms with van der Waals surface area (Å²) in [6, 6.07) is -2.16. The zero-order chi connectivity index (χ0) is 25.1. The normalized spacial score (nSPS) is 30.7. The summed E-state index contributed by atoms with van der Waals surface area (Å²) in [5.41, 5.74) is 5.59. The van der Waals surface area contributed by atoms with Gasteiger partial charge in [0, 0.05) is 6.04 Å². The van der Waals surface area contributed by atoms with Crippen molar-refractivity contribution >= 4 is 22.1 Å². The zero-order valence-electron chi connectivity index (χ0n) is 20.9. The zero-order valence-corrected chi connectivity index (χ0v) is 21.8. The third kappa shape index (κ3) is 5.77. The molecule has 2 bridgehead atoms. The van der Waals surface area contributed by atoms with Crippen molar-refractivity contribution in [3.63, 3.8) is 0 Å². The predicted octanol–water partition coefficient (Wildman–Crippen LogP) is 2.27. The van der Waals surface area contributed by atoms with E-state index in [4.69, 9.17) is 5.73 Å². The van der Waals surface area contributed by atoms with Gasteiger partial charge in [0.15, 0.2) is 0 Å². The molecule has 6 N–H and O–H groups in total. The number of hydrogen-bond donors (Lipinski definition) is 5. The van der Waals surface area contributed by atoms with Crippen LogP contribution in [0.2, 0.25) is 0 Å². The first-order chi connectivity index (χ1) is 15.9. The fourth-order valence-corrected chi connectivity index (χ4v) is 7.92. The number of fused-ring (bicyclic) bond motifs is 2. The third-order valence-corrected chi connectivity index (χ3v) is 10.5. The van der Waals surface area contributed by atoms with E-state index in [0.29, 0.717) is 25.3 Å². The van der Waals surface area contributed by atoms with Crippen LogP contribution in [0.4, 0.5) is 0 Å². The molecule has 3 aliphatic rings. The molecule has 3 aliphatic carbocycles. The minimum atomic E-state index is -4.21. The van der Waals surface area contributed by atoms with Gasteiger partial charge in [-0.25, -0.2) is 0 Å². The molecule has 196 valence electrons. The minimum absolute atomic E-state index is 0.0142. The first kappa shape index (κ1) is 27.4. The maximum absolute atomic E-state index is 13.5. The summed E-state index contributed by atoms with van der Waals surface area (Å²) in [4.78, 5) is 25.2. The smallest absolute Gasteiger partial charge is 0.321 e. The molecule has 0 radical (unpaired) electrons. The summed E-state index contributed by atoms with van der Waals surface area (Å²) in [5, 5.41) is 12.7. The number of hydrogen-bond acceptors (Lipinski definition) is 5. The van der Waals surface area contributed by atoms with Gasteiger partial charge in [0.1, 0.15) is 12.1 Å². The number of nitrogens with two attached hydrogens (primary N) is 1. The first-order valence-electron chi connectivity index (χ1n) is 12.9. The van der Waals surface area contributed by atoms with Crippen molar-refractivity contribution in [1.82, 2.24) is 14.8 Å². The lowest BCUT2D eigenvalue weighted by atomic mass is 9.69. The number of rotatable bonds is 12. The van der Waals surface area contributed by atoms with E-state index in [1.807, 2.05) is 0 Å². The Bertz CT molecular complexity index is 842. The van der Waals surface area contributed by atoms with Crippen LogP contribution < -0.4 is 20.5 Å². The quantitative estimate of drug-likeness (QED) is 0.259. The highest BCUT2D eigenvalue weighted by Crippen LogP contribution is 2.65. The van der Waals surface area contributed by atoms with E-state index in [2.05, 4.69) is 35.5 Å². The Hall–Kier alpha value is -1.23. The predicted molar refractivity (Wildman–Crippen MR) is 131 cm³/mol. The van der Waals surface area contributed by atoms with Gasteiger partial charge in [-0.1, -0.05) is 46.5 Å². The van der Waals surface area contributed by atoms with Gasteiger partial charge in [-0.2, -0.15) is 17.9 Å². The molecule has 9 nitrogen and oxygen atoms in total. The molecule has 0 saturated heterocycles. The van der Waals surface area contributed by atoms with E-state index in [0.717, 1.165) is 44.9 Å². The molecule has 34 heavy (non-hydrogen) atoms. The maximum Gasteiger partial charge on any atom is 0.321 e. The number of nitrogens with one attached hydrogen (secondary N) is 3. The van der Waals surface area contributed by atoms with Crippen molar-refractivity contribution in [2.45, 2.75) is 110 Å². The molecule has 0 aromatic carbocycles. The monoisotopic (exact) mass is 500 g/mol. The molecule has 3 fully saturated rings. The molecule has 0 aromatic rings. The number of unbranched alkanes of at least 4 members (excludes halogenated alkanes) is 1. The van der Waals surface area contributed by atoms with Crippen LogP contribution in [-0.2, 0) is 19.8 Å². The van der Waals surface area contributed by atoms with Gasteiger partial charge in [0.25, 0.3) is 10.2 Å². The van der Waals surface area contributed by atoms with Gasteiger partial charge >= 0.3 is 5.97 Å². The number of carboxylic acids is 1. The Kier molecular flexibility index (Phi) is 8.69. The summed E-state index contributed by atoms with van der Waals surface area (Å²) in [6.07, 6.45) is 8.93. The molecule has 3 rings (SSSR count). The minimum Gasteiger partial charge on any atom is -0.480 e. The van der Waals surface area contributed by atoms with E-state index in [1.54, 1.807) is 0 Å². The number of amides is 1. The second-order valence-electron chi connectivity index (χ2n) is 11.5. The van der Waals surface area contributed by atoms with E-state index < -0.39 is 28.3 Å². The van der Waals surface area contributed by atoms with Crippen LogP contribution in [0.15, 0.2) is 0 Å². The standard InChI is InChI=1S/C24H44N4O5S/c1-23(2)17-12-13-24(23,3)19(15-17)26-21(29)20(16-9-5-4-6-10-16)28-34(32,33)27-18(22(30)31)11-7-8-14-25/h16-20,27-28H,4-15,25H2,1-3H3,(H,26,29)(H,30,31)/t17-,18+,19+,20+,24+/m1/s1. The fourth-order valence-electron chi connectivity index (χ4n) is 6.63. The van der Waals surface area contributed by atoms with E-state index in [-0.39, 0.29) is 35.1 Å². The Morgan fingerprint density at radius 3 is 2.26 bits per heavy atom. The summed E-state index contributed by atoms with van der Waals surface area (Å²) in [5.74, 6) is -1.08. The van der Waals surface area contributed by atoms with Gasteiger partial charge in [0.2, 0.25) is 5.91 Å². The van der Waals surface area contributed by atoms with Crippen molar-refractivity contribution in [1.29, 1.82) is 0 Å². The Morgan fingerprint density at radius 2 is 1.74 bits per heavy atom. The molecule has 5 atom stereocenters. The highest BCUT2D eigenvalue weighted by atomic mass is 32.2. The molecule has 0 aliphatic heterocycles. The summed E-state index contributed by atoms with van der Waals surface area (Å²) >= 11 is 0. The lowest BCUT2D eigenvalue weighted by molar-refractivity contribution is -0.139. The first-order valence-corrected chi connectivity index (χ1v) is 14.4. The van der Waals surface area contributed by atoms with Gasteiger partial charge in [-0.15, -0.1) is 0 Å². The average molecular weight is 501 g/mol. The maximum atomic E-state index is 13.5. The molecule has 0 heterocycles. The molecule has 0 spiro atoms. The van der Waals surface area contributed by atoms with Crippen LogP contribution in [0.1, 0.15) is 91.4 Å². The van der Waals surface area contributed by atoms with Crippen molar-refractivity contribution in [2.24, 2.45) is 28.4 Å². The van der Waals surface area contributed by atoms with Crippen LogP contribution in [0.5, 0.6) is 0 Å². The topological polar surface area (TPSA) is 151 Å². The largest absolute Gasteiger partial charge is 0.480 e. The summed E-state index contributed by atoms with van der Waals surface area (Å²) in [7, 11) is -4.21. The van der Waals surface area contributed by atoms with Crippen molar-refractivity contribution < 1.29 is 23.1 Å². The molecule has 1 amide bonds. The van der Waals surface area contributed by atoms with Crippen molar-refractivity contribution in [3.05, 3.63) is 0 Å². The Labute approximate surface area is 204 Å². The van der Waals surface area contributed by atoms with Crippen LogP contribution in [0.25, 0.3) is 0 Å². The SMILES string of the molecule is CC1(C)[C@@H]2CC[C@@]1(C)[C@@H](NC(=O)[C@@H](NS(=O)(=O)N[C@@H](CCCCN)C(=O)O)C1CCCCC1)C2. The van der Waals surface area contributed by atoms with Gasteiger partial charge < -0.3 is 16.2 Å². The van der Waals surface area contributed by atoms with Gasteiger partial charge in [0.05, 0.1) is 0 Å². The summed E-state index contributed by atoms with van der Waals surface area (Å²) < 4.78 is 30.8. The average Bonchev–Trinajstić information content (AvgIpc) is 3.11. The van der Waals surface area contributed by atoms with Crippen molar-refractivity contribution in [2.75, 3.05) is 6.54 Å². The van der Waals surface area contributed by atoms with Crippen LogP contribution in [0.3, 0.4) is 0 Å². The van der Waals surface area contributed by atoms with E-state index >= 15 is 0 Å². The molecular weight excluding hydrogens is 456 g/mol. The van der Waals surface area contributed by atoms with Crippen LogP contribution in [-0.4, -0.2) is 50.1 Å². The van der Waals surface area contributed by atoms with Crippen LogP contribution >= 0.6 is 0 Å². The molecule has 0 aromatic heterocycles. The van der Waals surface area contributed by atoms with Gasteiger partial charge in [-0.05, 0) is 74.2 Å². The molecule has 3 saturated carbocycles. The highest BCUT2D eigenvalue weighted by Gasteiger charge is 2.61. The van der Waals surface area contributed by atoms with Gasteiger partial charge in [-0.3, -0.25) is 9.59 Å². The highest BCUT2D eigenvalue weighted by molar-refractivity contribution is 7.87. The summed E-state index contributed by atoms with van der Waals surface area (Å²) in [6.45, 7) is 7.21. The lowest BCUT2D eigenvalue weighted by Gasteiger charge is -2.40. The molecule has 0 unspecified atom stereocenters. The Balaban J connectivity index is 1.73. The third-order valence-electron chi connectivity index (χ3n) is 9.34. The Morgan fingerprint density at radius 1 is 1.06 bits per heavy atom. The lowest BCUT2D eigenvalue weighted by Crippen LogP contribution is -2.59. The van der Waals surface area contributed by atoms with E-state index in [1.165, 1.54) is 6.42 Å². The number of aliphatic carboxylic acids is 1. The fraction of sp³-hybridized carbons (Fsp3) is 0.917. The number of carbonyl (C=O) groups is 2. The molecule has 10 heteroatoms. The van der Waals surface area contributed by atoms with E-state index in [9.17, 15) is 23.1 Å². The number of carboxylic acid groups (broad SMARTS) is 1. The second-order valence-corrected chi connectivity index (χ2v) is 12.9. The van der Waals surface area contributed by atoms with Crippen molar-refractivity contribution in [3.8, 4) is 0 Å². The molecular formula is C24H44N4O5S.